The standard InChI is InChI=1S/C22H27FN2O3/c1-4-12-24-22(27)17(3)25(14-18-9-5-6-11-20(18)23)21(26)15-28-19-10-7-8-16(2)13-19/h5-11,13,17H,4,12,14-15H2,1-3H3,(H,24,27)/t17-/m1/s1. The highest BCUT2D eigenvalue weighted by molar-refractivity contribution is 5.87. The van der Waals surface area contributed by atoms with Crippen LogP contribution in [0.2, 0.25) is 0 Å². The summed E-state index contributed by atoms with van der Waals surface area (Å²) in [6.07, 6.45) is 0.788. The quantitative estimate of drug-likeness (QED) is 0.718. The van der Waals surface area contributed by atoms with Crippen molar-refractivity contribution in [2.45, 2.75) is 39.8 Å². The van der Waals surface area contributed by atoms with Gasteiger partial charge in [0.05, 0.1) is 0 Å². The first-order valence-corrected chi connectivity index (χ1v) is 9.42. The molecule has 6 heteroatoms. The van der Waals surface area contributed by atoms with E-state index in [1.54, 1.807) is 31.2 Å². The molecule has 2 amide bonds. The van der Waals surface area contributed by atoms with Crippen molar-refractivity contribution in [1.82, 2.24) is 10.2 Å². The summed E-state index contributed by atoms with van der Waals surface area (Å²) in [5.41, 5.74) is 1.36. The fraction of sp³-hybridized carbons (Fsp3) is 0.364. The van der Waals surface area contributed by atoms with Crippen LogP contribution < -0.4 is 10.1 Å². The number of carbonyl (C=O) groups is 2. The topological polar surface area (TPSA) is 58.6 Å². The molecule has 2 aromatic carbocycles. The minimum Gasteiger partial charge on any atom is -0.484 e. The number of ether oxygens (including phenoxy) is 1. The monoisotopic (exact) mass is 386 g/mol. The zero-order valence-corrected chi connectivity index (χ0v) is 16.6. The molecule has 0 aliphatic carbocycles. The maximum atomic E-state index is 14.1. The Bertz CT molecular complexity index is 810. The van der Waals surface area contributed by atoms with Crippen molar-refractivity contribution in [2.24, 2.45) is 0 Å². The van der Waals surface area contributed by atoms with Crippen LogP contribution in [0.15, 0.2) is 48.5 Å². The van der Waals surface area contributed by atoms with E-state index >= 15 is 0 Å². The molecule has 0 saturated heterocycles. The van der Waals surface area contributed by atoms with Gasteiger partial charge in [-0.1, -0.05) is 37.3 Å². The van der Waals surface area contributed by atoms with E-state index in [1.807, 2.05) is 32.0 Å². The fourth-order valence-electron chi connectivity index (χ4n) is 2.72. The minimum atomic E-state index is -0.750. The van der Waals surface area contributed by atoms with Gasteiger partial charge in [0.15, 0.2) is 6.61 Å². The second-order valence-corrected chi connectivity index (χ2v) is 6.69. The first-order valence-electron chi connectivity index (χ1n) is 9.42. The Balaban J connectivity index is 2.14. The summed E-state index contributed by atoms with van der Waals surface area (Å²) in [6, 6.07) is 12.8. The Kier molecular flexibility index (Phi) is 7.99. The highest BCUT2D eigenvalue weighted by atomic mass is 19.1. The second-order valence-electron chi connectivity index (χ2n) is 6.69. The van der Waals surface area contributed by atoms with E-state index < -0.39 is 11.9 Å². The smallest absolute Gasteiger partial charge is 0.261 e. The van der Waals surface area contributed by atoms with Gasteiger partial charge in [-0.3, -0.25) is 9.59 Å². The summed E-state index contributed by atoms with van der Waals surface area (Å²) in [4.78, 5) is 26.6. The molecule has 150 valence electrons. The van der Waals surface area contributed by atoms with Crippen LogP contribution >= 0.6 is 0 Å². The molecule has 0 radical (unpaired) electrons. The number of amides is 2. The van der Waals surface area contributed by atoms with Crippen LogP contribution in [0.5, 0.6) is 5.75 Å². The average molecular weight is 386 g/mol. The van der Waals surface area contributed by atoms with Gasteiger partial charge >= 0.3 is 0 Å². The molecule has 1 N–H and O–H groups in total. The van der Waals surface area contributed by atoms with Crippen molar-refractivity contribution in [3.63, 3.8) is 0 Å². The Labute approximate surface area is 165 Å². The summed E-state index contributed by atoms with van der Waals surface area (Å²) in [5.74, 6) is -0.505. The molecule has 28 heavy (non-hydrogen) atoms. The Hall–Kier alpha value is -2.89. The third kappa shape index (κ3) is 6.08. The van der Waals surface area contributed by atoms with Crippen LogP contribution in [0.25, 0.3) is 0 Å². The van der Waals surface area contributed by atoms with Crippen LogP contribution in [-0.2, 0) is 16.1 Å². The second kappa shape index (κ2) is 10.4. The molecular weight excluding hydrogens is 359 g/mol. The van der Waals surface area contributed by atoms with Crippen molar-refractivity contribution < 1.29 is 18.7 Å². The lowest BCUT2D eigenvalue weighted by atomic mass is 10.1. The predicted molar refractivity (Wildman–Crippen MR) is 106 cm³/mol. The number of halogens is 1. The number of aryl methyl sites for hydroxylation is 1. The lowest BCUT2D eigenvalue weighted by Crippen LogP contribution is -2.49. The van der Waals surface area contributed by atoms with Crippen LogP contribution in [0.4, 0.5) is 4.39 Å². The molecule has 1 atom stereocenters. The summed E-state index contributed by atoms with van der Waals surface area (Å²) >= 11 is 0. The molecule has 0 bridgehead atoms. The van der Waals surface area contributed by atoms with Gasteiger partial charge in [0.25, 0.3) is 5.91 Å². The highest BCUT2D eigenvalue weighted by Gasteiger charge is 2.27. The summed E-state index contributed by atoms with van der Waals surface area (Å²) < 4.78 is 19.7. The third-order valence-corrected chi connectivity index (χ3v) is 4.37. The van der Waals surface area contributed by atoms with E-state index in [0.717, 1.165) is 12.0 Å². The maximum absolute atomic E-state index is 14.1. The van der Waals surface area contributed by atoms with Gasteiger partial charge in [-0.2, -0.15) is 0 Å². The fourth-order valence-corrected chi connectivity index (χ4v) is 2.72. The average Bonchev–Trinajstić information content (AvgIpc) is 2.69. The van der Waals surface area contributed by atoms with Gasteiger partial charge in [0, 0.05) is 18.7 Å². The third-order valence-electron chi connectivity index (χ3n) is 4.37. The molecule has 0 spiro atoms. The lowest BCUT2D eigenvalue weighted by Gasteiger charge is -2.28. The SMILES string of the molecule is CCCNC(=O)[C@@H](C)N(Cc1ccccc1F)C(=O)COc1cccc(C)c1. The molecule has 0 unspecified atom stereocenters. The van der Waals surface area contributed by atoms with Crippen molar-refractivity contribution in [3.05, 3.63) is 65.5 Å². The van der Waals surface area contributed by atoms with Crippen molar-refractivity contribution in [2.75, 3.05) is 13.2 Å². The molecule has 0 fully saturated rings. The largest absolute Gasteiger partial charge is 0.484 e. The molecule has 0 saturated carbocycles. The molecule has 0 aromatic heterocycles. The number of carbonyl (C=O) groups excluding carboxylic acids is 2. The van der Waals surface area contributed by atoms with E-state index in [0.29, 0.717) is 17.9 Å². The van der Waals surface area contributed by atoms with Gasteiger partial charge in [-0.25, -0.2) is 4.39 Å². The zero-order chi connectivity index (χ0) is 20.5. The van der Waals surface area contributed by atoms with Gasteiger partial charge in [0.1, 0.15) is 17.6 Å². The van der Waals surface area contributed by atoms with E-state index in [-0.39, 0.29) is 25.0 Å². The van der Waals surface area contributed by atoms with Crippen LogP contribution in [-0.4, -0.2) is 35.9 Å². The lowest BCUT2D eigenvalue weighted by molar-refractivity contribution is -0.142. The number of benzene rings is 2. The normalized spacial score (nSPS) is 11.6. The van der Waals surface area contributed by atoms with Crippen molar-refractivity contribution in [1.29, 1.82) is 0 Å². The van der Waals surface area contributed by atoms with Crippen LogP contribution in [0.1, 0.15) is 31.4 Å². The molecule has 0 aliphatic rings. The van der Waals surface area contributed by atoms with Gasteiger partial charge in [-0.15, -0.1) is 0 Å². The van der Waals surface area contributed by atoms with Crippen LogP contribution in [0.3, 0.4) is 0 Å². The minimum absolute atomic E-state index is 0.0105. The maximum Gasteiger partial charge on any atom is 0.261 e. The molecule has 2 rings (SSSR count). The highest BCUT2D eigenvalue weighted by Crippen LogP contribution is 2.15. The summed E-state index contributed by atoms with van der Waals surface area (Å²) in [7, 11) is 0. The Morgan fingerprint density at radius 2 is 1.93 bits per heavy atom. The van der Waals surface area contributed by atoms with E-state index in [2.05, 4.69) is 5.32 Å². The van der Waals surface area contributed by atoms with Gasteiger partial charge in [0.2, 0.25) is 5.91 Å². The van der Waals surface area contributed by atoms with Crippen molar-refractivity contribution >= 4 is 11.8 Å². The predicted octanol–water partition coefficient (Wildman–Crippen LogP) is 3.46. The molecular formula is C22H27FN2O3. The molecule has 0 heterocycles. The first kappa shape index (κ1) is 21.4. The number of nitrogens with zero attached hydrogens (tertiary/aromatic N) is 1. The molecule has 2 aromatic rings. The van der Waals surface area contributed by atoms with E-state index in [1.165, 1.54) is 11.0 Å². The zero-order valence-electron chi connectivity index (χ0n) is 16.6. The Morgan fingerprint density at radius 1 is 1.18 bits per heavy atom. The van der Waals surface area contributed by atoms with Crippen LogP contribution in [0, 0.1) is 12.7 Å². The van der Waals surface area contributed by atoms with E-state index in [4.69, 9.17) is 4.74 Å². The Morgan fingerprint density at radius 3 is 2.61 bits per heavy atom. The molecule has 5 nitrogen and oxygen atoms in total. The summed E-state index contributed by atoms with van der Waals surface area (Å²) in [6.45, 7) is 5.79. The number of rotatable bonds is 9. The number of hydrogen-bond acceptors (Lipinski definition) is 3. The van der Waals surface area contributed by atoms with E-state index in [9.17, 15) is 14.0 Å². The van der Waals surface area contributed by atoms with Crippen molar-refractivity contribution in [3.8, 4) is 5.75 Å². The van der Waals surface area contributed by atoms with Gasteiger partial charge in [-0.05, 0) is 44.0 Å². The summed E-state index contributed by atoms with van der Waals surface area (Å²) in [5, 5.41) is 2.78. The van der Waals surface area contributed by atoms with Gasteiger partial charge < -0.3 is 15.0 Å². The molecule has 0 aliphatic heterocycles. The number of nitrogens with one attached hydrogen (secondary N) is 1. The number of hydrogen-bond donors (Lipinski definition) is 1. The first-order chi connectivity index (χ1) is 13.4.